The van der Waals surface area contributed by atoms with Crippen LogP contribution in [0.1, 0.15) is 28.0 Å². The van der Waals surface area contributed by atoms with E-state index >= 15 is 0 Å². The summed E-state index contributed by atoms with van der Waals surface area (Å²) >= 11 is 1.51. The molecule has 2 aromatic heterocycles. The van der Waals surface area contributed by atoms with Gasteiger partial charge in [-0.2, -0.15) is 0 Å². The van der Waals surface area contributed by atoms with E-state index in [9.17, 15) is 4.79 Å². The highest BCUT2D eigenvalue weighted by atomic mass is 32.1. The van der Waals surface area contributed by atoms with Crippen molar-refractivity contribution in [3.8, 4) is 0 Å². The van der Waals surface area contributed by atoms with Crippen LogP contribution >= 0.6 is 11.3 Å². The minimum Gasteiger partial charge on any atom is -0.465 e. The lowest BCUT2D eigenvalue weighted by Gasteiger charge is -2.03. The van der Waals surface area contributed by atoms with Crippen LogP contribution in [0.15, 0.2) is 12.3 Å². The number of esters is 1. The summed E-state index contributed by atoms with van der Waals surface area (Å²) in [4.78, 5) is 14.5. The van der Waals surface area contributed by atoms with Crippen molar-refractivity contribution in [2.45, 2.75) is 19.9 Å². The molecule has 0 fully saturated rings. The van der Waals surface area contributed by atoms with Gasteiger partial charge in [-0.15, -0.1) is 10.2 Å². The molecule has 2 rings (SSSR count). The predicted molar refractivity (Wildman–Crippen MR) is 68.7 cm³/mol. The zero-order valence-electron chi connectivity index (χ0n) is 10.2. The second-order valence-corrected chi connectivity index (χ2v) is 4.63. The van der Waals surface area contributed by atoms with Crippen LogP contribution in [0.2, 0.25) is 0 Å². The van der Waals surface area contributed by atoms with Gasteiger partial charge in [-0.25, -0.2) is 4.79 Å². The highest BCUT2D eigenvalue weighted by molar-refractivity contribution is 7.15. The molecule has 0 saturated heterocycles. The molecule has 0 amide bonds. The quantitative estimate of drug-likeness (QED) is 0.807. The molecule has 0 aliphatic carbocycles. The Morgan fingerprint density at radius 1 is 1.56 bits per heavy atom. The number of methoxy groups -OCH3 is 1. The van der Waals surface area contributed by atoms with Gasteiger partial charge in [0.25, 0.3) is 0 Å². The summed E-state index contributed by atoms with van der Waals surface area (Å²) in [6.45, 7) is 2.51. The van der Waals surface area contributed by atoms with Gasteiger partial charge < -0.3 is 15.0 Å². The van der Waals surface area contributed by atoms with Crippen LogP contribution in [-0.2, 0) is 17.7 Å². The van der Waals surface area contributed by atoms with Crippen LogP contribution in [0.5, 0.6) is 0 Å². The number of H-pyrrole nitrogens is 1. The van der Waals surface area contributed by atoms with Crippen LogP contribution in [0.4, 0.5) is 5.13 Å². The van der Waals surface area contributed by atoms with Crippen molar-refractivity contribution in [2.24, 2.45) is 0 Å². The van der Waals surface area contributed by atoms with E-state index in [2.05, 4.69) is 20.5 Å². The molecular formula is C11H14N4O2S. The van der Waals surface area contributed by atoms with Crippen molar-refractivity contribution >= 4 is 22.4 Å². The first-order valence-electron chi connectivity index (χ1n) is 5.55. The minimum atomic E-state index is -0.348. The summed E-state index contributed by atoms with van der Waals surface area (Å²) in [5.74, 6) is -0.348. The molecule has 6 nitrogen and oxygen atoms in total. The van der Waals surface area contributed by atoms with E-state index in [1.54, 1.807) is 12.3 Å². The lowest BCUT2D eigenvalue weighted by atomic mass is 10.2. The first-order chi connectivity index (χ1) is 8.74. The van der Waals surface area contributed by atoms with Crippen molar-refractivity contribution in [1.82, 2.24) is 15.2 Å². The van der Waals surface area contributed by atoms with Gasteiger partial charge >= 0.3 is 5.97 Å². The molecule has 0 aliphatic rings. The van der Waals surface area contributed by atoms with Gasteiger partial charge in [0.15, 0.2) is 0 Å². The van der Waals surface area contributed by atoms with E-state index in [4.69, 9.17) is 4.74 Å². The Balaban J connectivity index is 2.02. The van der Waals surface area contributed by atoms with Gasteiger partial charge in [-0.3, -0.25) is 0 Å². The average molecular weight is 266 g/mol. The molecule has 0 radical (unpaired) electrons. The highest BCUT2D eigenvalue weighted by Gasteiger charge is 2.12. The number of aromatic nitrogens is 3. The van der Waals surface area contributed by atoms with Crippen LogP contribution in [-0.4, -0.2) is 28.3 Å². The van der Waals surface area contributed by atoms with Crippen LogP contribution < -0.4 is 5.32 Å². The van der Waals surface area contributed by atoms with Crippen molar-refractivity contribution in [1.29, 1.82) is 0 Å². The fraction of sp³-hybridized carbons (Fsp3) is 0.364. The lowest BCUT2D eigenvalue weighted by Crippen LogP contribution is -2.07. The Labute approximate surface area is 108 Å². The minimum absolute atomic E-state index is 0.348. The largest absolute Gasteiger partial charge is 0.465 e. The van der Waals surface area contributed by atoms with Crippen LogP contribution in [0, 0.1) is 0 Å². The normalized spacial score (nSPS) is 10.3. The Hall–Kier alpha value is -1.89. The Morgan fingerprint density at radius 2 is 2.39 bits per heavy atom. The maximum Gasteiger partial charge on any atom is 0.339 e. The van der Waals surface area contributed by atoms with Crippen molar-refractivity contribution in [2.75, 3.05) is 12.4 Å². The third-order valence-corrected chi connectivity index (χ3v) is 3.45. The zero-order valence-corrected chi connectivity index (χ0v) is 11.0. The molecule has 7 heteroatoms. The first-order valence-corrected chi connectivity index (χ1v) is 6.37. The summed E-state index contributed by atoms with van der Waals surface area (Å²) < 4.78 is 4.70. The third kappa shape index (κ3) is 2.67. The van der Waals surface area contributed by atoms with E-state index < -0.39 is 0 Å². The fourth-order valence-corrected chi connectivity index (χ4v) is 2.16. The number of aromatic amines is 1. The van der Waals surface area contributed by atoms with E-state index in [1.165, 1.54) is 18.4 Å². The maximum absolute atomic E-state index is 11.5. The SMILES string of the molecule is CCc1nnc(NCc2[nH]ccc2C(=O)OC)s1. The Kier molecular flexibility index (Phi) is 3.93. The Bertz CT molecular complexity index is 535. The number of nitrogens with one attached hydrogen (secondary N) is 2. The summed E-state index contributed by atoms with van der Waals surface area (Å²) in [7, 11) is 1.37. The number of carbonyl (C=O) groups is 1. The molecule has 0 aromatic carbocycles. The molecule has 0 spiro atoms. The summed E-state index contributed by atoms with van der Waals surface area (Å²) in [6.07, 6.45) is 2.58. The van der Waals surface area contributed by atoms with Crippen molar-refractivity contribution in [3.63, 3.8) is 0 Å². The smallest absolute Gasteiger partial charge is 0.339 e. The number of carbonyl (C=O) groups excluding carboxylic acids is 1. The number of hydrogen-bond donors (Lipinski definition) is 2. The number of rotatable bonds is 5. The molecule has 2 heterocycles. The Morgan fingerprint density at radius 3 is 3.06 bits per heavy atom. The molecule has 0 unspecified atom stereocenters. The molecule has 0 bridgehead atoms. The van der Waals surface area contributed by atoms with Crippen LogP contribution in [0.25, 0.3) is 0 Å². The lowest BCUT2D eigenvalue weighted by molar-refractivity contribution is 0.0600. The highest BCUT2D eigenvalue weighted by Crippen LogP contribution is 2.17. The molecule has 2 aromatic rings. The molecule has 0 saturated carbocycles. The number of ether oxygens (including phenoxy) is 1. The molecule has 0 aliphatic heterocycles. The average Bonchev–Trinajstić information content (AvgIpc) is 3.03. The number of anilines is 1. The molecule has 18 heavy (non-hydrogen) atoms. The second-order valence-electron chi connectivity index (χ2n) is 3.57. The van der Waals surface area contributed by atoms with E-state index in [-0.39, 0.29) is 5.97 Å². The summed E-state index contributed by atoms with van der Waals surface area (Å²) in [6, 6.07) is 1.69. The molecule has 0 atom stereocenters. The predicted octanol–water partition coefficient (Wildman–Crippen LogP) is 1.83. The first kappa shape index (κ1) is 12.6. The van der Waals surface area contributed by atoms with Crippen molar-refractivity contribution in [3.05, 3.63) is 28.5 Å². The van der Waals surface area contributed by atoms with E-state index in [1.807, 2.05) is 6.92 Å². The standard InChI is InChI=1S/C11H14N4O2S/c1-3-9-14-15-11(18-9)13-6-8-7(4-5-12-8)10(16)17-2/h4-5,12H,3,6H2,1-2H3,(H,13,15). The molecular weight excluding hydrogens is 252 g/mol. The van der Waals surface area contributed by atoms with Gasteiger partial charge in [-0.1, -0.05) is 18.3 Å². The van der Waals surface area contributed by atoms with Gasteiger partial charge in [0.2, 0.25) is 5.13 Å². The van der Waals surface area contributed by atoms with Crippen LogP contribution in [0.3, 0.4) is 0 Å². The van der Waals surface area contributed by atoms with Crippen molar-refractivity contribution < 1.29 is 9.53 Å². The monoisotopic (exact) mass is 266 g/mol. The topological polar surface area (TPSA) is 79.9 Å². The molecule has 96 valence electrons. The number of aryl methyl sites for hydroxylation is 1. The number of hydrogen-bond acceptors (Lipinski definition) is 6. The summed E-state index contributed by atoms with van der Waals surface area (Å²) in [5.41, 5.74) is 1.31. The third-order valence-electron chi connectivity index (χ3n) is 2.42. The van der Waals surface area contributed by atoms with E-state index in [0.29, 0.717) is 12.1 Å². The van der Waals surface area contributed by atoms with Gasteiger partial charge in [0, 0.05) is 11.9 Å². The zero-order chi connectivity index (χ0) is 13.0. The second kappa shape index (κ2) is 5.63. The van der Waals surface area contributed by atoms with E-state index in [0.717, 1.165) is 22.3 Å². The summed E-state index contributed by atoms with van der Waals surface area (Å²) in [5, 5.41) is 12.9. The van der Waals surface area contributed by atoms with Gasteiger partial charge in [0.05, 0.1) is 19.2 Å². The van der Waals surface area contributed by atoms with Gasteiger partial charge in [-0.05, 0) is 12.5 Å². The molecule has 2 N–H and O–H groups in total. The fourth-order valence-electron chi connectivity index (χ4n) is 1.48. The van der Waals surface area contributed by atoms with Gasteiger partial charge in [0.1, 0.15) is 5.01 Å². The number of nitrogens with zero attached hydrogens (tertiary/aromatic N) is 2. The maximum atomic E-state index is 11.5.